The van der Waals surface area contributed by atoms with Gasteiger partial charge in [-0.1, -0.05) is 18.2 Å². The average molecular weight is 373 g/mol. The van der Waals surface area contributed by atoms with Gasteiger partial charge in [0.05, 0.1) is 17.1 Å². The molecule has 0 saturated carbocycles. The Morgan fingerprint density at radius 2 is 1.96 bits per heavy atom. The van der Waals surface area contributed by atoms with Crippen molar-refractivity contribution in [1.29, 1.82) is 0 Å². The van der Waals surface area contributed by atoms with Gasteiger partial charge in [-0.3, -0.25) is 14.9 Å². The fourth-order valence-electron chi connectivity index (χ4n) is 3.79. The van der Waals surface area contributed by atoms with Crippen LogP contribution in [0.5, 0.6) is 0 Å². The normalized spacial score (nSPS) is 18.9. The predicted octanol–water partition coefficient (Wildman–Crippen LogP) is 3.46. The second kappa shape index (κ2) is 5.95. The van der Waals surface area contributed by atoms with Crippen LogP contribution in [-0.4, -0.2) is 32.4 Å². The number of fused-ring (bicyclic) bond motifs is 4. The molecular weight excluding hydrogens is 354 g/mol. The lowest BCUT2D eigenvalue weighted by Crippen LogP contribution is -2.44. The number of para-hydroxylation sites is 2. The van der Waals surface area contributed by atoms with Crippen LogP contribution in [0.2, 0.25) is 0 Å². The van der Waals surface area contributed by atoms with E-state index in [0.29, 0.717) is 17.2 Å². The molecule has 3 N–H and O–H groups in total. The summed E-state index contributed by atoms with van der Waals surface area (Å²) < 4.78 is 2.01. The molecular formula is C21H19N5O2. The number of carbonyl (C=O) groups excluding carboxylic acids is 2. The van der Waals surface area contributed by atoms with E-state index in [4.69, 9.17) is 0 Å². The minimum atomic E-state index is -0.252. The van der Waals surface area contributed by atoms with Gasteiger partial charge in [0.25, 0.3) is 11.8 Å². The SMILES string of the molecule is CC1NC(=O)c2cc3ccc(C(=O)Nc4nc5ccccc5[nH]4)cc3n2C1C. The van der Waals surface area contributed by atoms with Crippen LogP contribution < -0.4 is 10.6 Å². The molecule has 1 aliphatic heterocycles. The van der Waals surface area contributed by atoms with Crippen LogP contribution in [0.1, 0.15) is 40.7 Å². The lowest BCUT2D eigenvalue weighted by atomic mass is 10.1. The third kappa shape index (κ3) is 2.47. The minimum absolute atomic E-state index is 0.0173. The lowest BCUT2D eigenvalue weighted by Gasteiger charge is -2.30. The van der Waals surface area contributed by atoms with Crippen molar-refractivity contribution in [3.05, 3.63) is 59.8 Å². The Morgan fingerprint density at radius 3 is 2.79 bits per heavy atom. The second-order valence-electron chi connectivity index (χ2n) is 7.23. The van der Waals surface area contributed by atoms with Gasteiger partial charge in [-0.15, -0.1) is 0 Å². The molecule has 0 fully saturated rings. The van der Waals surface area contributed by atoms with E-state index in [0.717, 1.165) is 21.9 Å². The van der Waals surface area contributed by atoms with E-state index in [1.165, 1.54) is 0 Å². The Morgan fingerprint density at radius 1 is 1.14 bits per heavy atom. The minimum Gasteiger partial charge on any atom is -0.346 e. The summed E-state index contributed by atoms with van der Waals surface area (Å²) >= 11 is 0. The van der Waals surface area contributed by atoms with Crippen LogP contribution >= 0.6 is 0 Å². The topological polar surface area (TPSA) is 91.8 Å². The highest BCUT2D eigenvalue weighted by Gasteiger charge is 2.29. The standard InChI is InChI=1S/C21H19N5O2/c1-11-12(2)26-17-10-14(8-7-13(17)9-18(26)20(28)22-11)19(27)25-21-23-15-5-3-4-6-16(15)24-21/h3-12H,1-2H3,(H,22,28)(H2,23,24,25,27). The number of benzene rings is 2. The molecule has 4 aromatic rings. The van der Waals surface area contributed by atoms with Crippen molar-refractivity contribution in [2.75, 3.05) is 5.32 Å². The molecule has 5 rings (SSSR count). The molecule has 2 aromatic heterocycles. The van der Waals surface area contributed by atoms with Gasteiger partial charge in [0.15, 0.2) is 0 Å². The Bertz CT molecular complexity index is 1220. The van der Waals surface area contributed by atoms with E-state index in [-0.39, 0.29) is 23.9 Å². The van der Waals surface area contributed by atoms with Crippen molar-refractivity contribution in [3.63, 3.8) is 0 Å². The molecule has 2 amide bonds. The number of carbonyl (C=O) groups is 2. The van der Waals surface area contributed by atoms with Gasteiger partial charge in [-0.2, -0.15) is 0 Å². The van der Waals surface area contributed by atoms with E-state index >= 15 is 0 Å². The van der Waals surface area contributed by atoms with E-state index in [1.54, 1.807) is 6.07 Å². The zero-order valence-corrected chi connectivity index (χ0v) is 15.5. The fraction of sp³-hybridized carbons (Fsp3) is 0.190. The highest BCUT2D eigenvalue weighted by molar-refractivity contribution is 6.07. The first-order valence-electron chi connectivity index (χ1n) is 9.23. The number of hydrogen-bond donors (Lipinski definition) is 3. The molecule has 0 bridgehead atoms. The zero-order chi connectivity index (χ0) is 19.4. The molecule has 0 saturated heterocycles. The number of H-pyrrole nitrogens is 1. The first-order valence-corrected chi connectivity index (χ1v) is 9.23. The number of anilines is 1. The summed E-state index contributed by atoms with van der Waals surface area (Å²) in [5.41, 5.74) is 3.67. The molecule has 2 aromatic carbocycles. The summed E-state index contributed by atoms with van der Waals surface area (Å²) in [7, 11) is 0. The maximum Gasteiger partial charge on any atom is 0.268 e. The van der Waals surface area contributed by atoms with Crippen molar-refractivity contribution in [2.24, 2.45) is 0 Å². The van der Waals surface area contributed by atoms with Crippen molar-refractivity contribution in [2.45, 2.75) is 25.9 Å². The van der Waals surface area contributed by atoms with Gasteiger partial charge in [0.1, 0.15) is 5.69 Å². The number of nitrogens with zero attached hydrogens (tertiary/aromatic N) is 2. The van der Waals surface area contributed by atoms with Gasteiger partial charge in [0, 0.05) is 22.5 Å². The van der Waals surface area contributed by atoms with E-state index in [2.05, 4.69) is 27.5 Å². The molecule has 0 radical (unpaired) electrons. The van der Waals surface area contributed by atoms with Crippen LogP contribution in [0.15, 0.2) is 48.5 Å². The molecule has 140 valence electrons. The highest BCUT2D eigenvalue weighted by atomic mass is 16.2. The Balaban J connectivity index is 1.52. The first-order chi connectivity index (χ1) is 13.5. The number of amides is 2. The number of imidazole rings is 1. The monoisotopic (exact) mass is 373 g/mol. The maximum absolute atomic E-state index is 12.8. The molecule has 7 heteroatoms. The molecule has 7 nitrogen and oxygen atoms in total. The van der Waals surface area contributed by atoms with E-state index in [9.17, 15) is 9.59 Å². The number of hydrogen-bond acceptors (Lipinski definition) is 3. The van der Waals surface area contributed by atoms with Crippen molar-refractivity contribution in [1.82, 2.24) is 19.9 Å². The fourth-order valence-corrected chi connectivity index (χ4v) is 3.79. The third-order valence-electron chi connectivity index (χ3n) is 5.45. The molecule has 0 aliphatic carbocycles. The van der Waals surface area contributed by atoms with Crippen molar-refractivity contribution < 1.29 is 9.59 Å². The number of aromatic amines is 1. The first kappa shape index (κ1) is 16.6. The van der Waals surface area contributed by atoms with E-state index < -0.39 is 0 Å². The van der Waals surface area contributed by atoms with Crippen LogP contribution in [0, 0.1) is 0 Å². The van der Waals surface area contributed by atoms with Crippen molar-refractivity contribution in [3.8, 4) is 0 Å². The third-order valence-corrected chi connectivity index (χ3v) is 5.45. The zero-order valence-electron chi connectivity index (χ0n) is 15.5. The predicted molar refractivity (Wildman–Crippen MR) is 108 cm³/mol. The number of aromatic nitrogens is 3. The molecule has 1 aliphatic rings. The van der Waals surface area contributed by atoms with Gasteiger partial charge in [-0.05, 0) is 44.2 Å². The number of rotatable bonds is 2. The smallest absolute Gasteiger partial charge is 0.268 e. The van der Waals surface area contributed by atoms with E-state index in [1.807, 2.05) is 54.0 Å². The van der Waals surface area contributed by atoms with Gasteiger partial charge in [0.2, 0.25) is 5.95 Å². The van der Waals surface area contributed by atoms with Crippen LogP contribution in [-0.2, 0) is 0 Å². The van der Waals surface area contributed by atoms with Crippen LogP contribution in [0.4, 0.5) is 5.95 Å². The van der Waals surface area contributed by atoms with Crippen molar-refractivity contribution >= 4 is 39.7 Å². The summed E-state index contributed by atoms with van der Waals surface area (Å²) in [6.45, 7) is 4.05. The number of nitrogens with one attached hydrogen (secondary N) is 3. The lowest BCUT2D eigenvalue weighted by molar-refractivity contribution is 0.0891. The Kier molecular flexibility index (Phi) is 3.52. The highest BCUT2D eigenvalue weighted by Crippen LogP contribution is 2.30. The van der Waals surface area contributed by atoms with Crippen LogP contribution in [0.3, 0.4) is 0 Å². The molecule has 28 heavy (non-hydrogen) atoms. The summed E-state index contributed by atoms with van der Waals surface area (Å²) in [6, 6.07) is 15.1. The summed E-state index contributed by atoms with van der Waals surface area (Å²) in [4.78, 5) is 32.6. The summed E-state index contributed by atoms with van der Waals surface area (Å²) in [5.74, 6) is 0.0670. The molecule has 2 atom stereocenters. The van der Waals surface area contributed by atoms with Gasteiger partial charge >= 0.3 is 0 Å². The average Bonchev–Trinajstić information content (AvgIpc) is 3.26. The Labute approximate surface area is 160 Å². The van der Waals surface area contributed by atoms with Crippen LogP contribution in [0.25, 0.3) is 21.9 Å². The molecule has 3 heterocycles. The quantitative estimate of drug-likeness (QED) is 0.502. The van der Waals surface area contributed by atoms with Gasteiger partial charge < -0.3 is 14.9 Å². The summed E-state index contributed by atoms with van der Waals surface area (Å²) in [5, 5.41) is 6.73. The van der Waals surface area contributed by atoms with Gasteiger partial charge in [-0.25, -0.2) is 4.98 Å². The maximum atomic E-state index is 12.8. The second-order valence-corrected chi connectivity index (χ2v) is 7.23. The largest absolute Gasteiger partial charge is 0.346 e. The Hall–Kier alpha value is -3.61. The molecule has 0 spiro atoms. The molecule has 2 unspecified atom stereocenters. The summed E-state index contributed by atoms with van der Waals surface area (Å²) in [6.07, 6.45) is 0.